The number of furan rings is 1. The Morgan fingerprint density at radius 1 is 1.00 bits per heavy atom. The number of carbonyl (C=O) groups excluding carboxylic acids is 1. The van der Waals surface area contributed by atoms with Gasteiger partial charge >= 0.3 is 0 Å². The molecule has 0 aliphatic heterocycles. The molecule has 0 unspecified atom stereocenters. The highest BCUT2D eigenvalue weighted by Gasteiger charge is 2.25. The molecule has 0 saturated heterocycles. The summed E-state index contributed by atoms with van der Waals surface area (Å²) >= 11 is 0. The molecule has 2 heterocycles. The Kier molecular flexibility index (Phi) is 5.52. The summed E-state index contributed by atoms with van der Waals surface area (Å²) in [6, 6.07) is 22.8. The van der Waals surface area contributed by atoms with E-state index in [0.29, 0.717) is 30.4 Å². The van der Waals surface area contributed by atoms with Crippen molar-refractivity contribution in [3.05, 3.63) is 96.3 Å². The molecule has 146 valence electrons. The standard InChI is InChI=1S/C23H21N3O3/c1-17(18-9-4-2-5-10-18)26(23(27)20-13-8-16-28-20)15-14-21-24-22(25-29-21)19-11-6-3-7-12-19/h2-13,16-17H,14-15H2,1H3/t17-/m0/s1. The molecule has 29 heavy (non-hydrogen) atoms. The van der Waals surface area contributed by atoms with Crippen LogP contribution < -0.4 is 0 Å². The lowest BCUT2D eigenvalue weighted by molar-refractivity contribution is 0.0656. The summed E-state index contributed by atoms with van der Waals surface area (Å²) in [7, 11) is 0. The maximum Gasteiger partial charge on any atom is 0.290 e. The summed E-state index contributed by atoms with van der Waals surface area (Å²) < 4.78 is 10.7. The summed E-state index contributed by atoms with van der Waals surface area (Å²) in [4.78, 5) is 19.3. The molecular formula is C23H21N3O3. The Morgan fingerprint density at radius 2 is 1.72 bits per heavy atom. The minimum Gasteiger partial charge on any atom is -0.459 e. The number of amides is 1. The van der Waals surface area contributed by atoms with Gasteiger partial charge < -0.3 is 13.8 Å². The van der Waals surface area contributed by atoms with Crippen molar-refractivity contribution in [2.45, 2.75) is 19.4 Å². The third-order valence-electron chi connectivity index (χ3n) is 4.81. The first kappa shape index (κ1) is 18.7. The van der Waals surface area contributed by atoms with Crippen LogP contribution in [-0.2, 0) is 6.42 Å². The highest BCUT2D eigenvalue weighted by atomic mass is 16.5. The average molecular weight is 387 g/mol. The van der Waals surface area contributed by atoms with Crippen LogP contribution >= 0.6 is 0 Å². The largest absolute Gasteiger partial charge is 0.459 e. The van der Waals surface area contributed by atoms with Crippen molar-refractivity contribution in [3.8, 4) is 11.4 Å². The molecule has 1 atom stereocenters. The number of rotatable bonds is 7. The van der Waals surface area contributed by atoms with Crippen molar-refractivity contribution in [2.24, 2.45) is 0 Å². The van der Waals surface area contributed by atoms with E-state index < -0.39 is 0 Å². The van der Waals surface area contributed by atoms with Crippen LogP contribution in [0.2, 0.25) is 0 Å². The van der Waals surface area contributed by atoms with Crippen molar-refractivity contribution < 1.29 is 13.7 Å². The van der Waals surface area contributed by atoms with E-state index in [4.69, 9.17) is 8.94 Å². The quantitative estimate of drug-likeness (QED) is 0.456. The maximum atomic E-state index is 13.0. The summed E-state index contributed by atoms with van der Waals surface area (Å²) in [6.45, 7) is 2.42. The molecule has 0 spiro atoms. The van der Waals surface area contributed by atoms with E-state index in [0.717, 1.165) is 11.1 Å². The zero-order chi connectivity index (χ0) is 20.1. The molecular weight excluding hydrogens is 366 g/mol. The molecule has 0 saturated carbocycles. The van der Waals surface area contributed by atoms with Gasteiger partial charge in [-0.1, -0.05) is 65.8 Å². The van der Waals surface area contributed by atoms with Gasteiger partial charge in [-0.2, -0.15) is 4.98 Å². The van der Waals surface area contributed by atoms with E-state index in [-0.39, 0.29) is 11.9 Å². The lowest BCUT2D eigenvalue weighted by atomic mass is 10.1. The fraction of sp³-hybridized carbons (Fsp3) is 0.174. The van der Waals surface area contributed by atoms with E-state index in [1.807, 2.05) is 67.6 Å². The van der Waals surface area contributed by atoms with Crippen LogP contribution in [0.25, 0.3) is 11.4 Å². The highest BCUT2D eigenvalue weighted by molar-refractivity contribution is 5.91. The Morgan fingerprint density at radius 3 is 2.41 bits per heavy atom. The van der Waals surface area contributed by atoms with Crippen molar-refractivity contribution in [1.82, 2.24) is 15.0 Å². The molecule has 0 N–H and O–H groups in total. The number of nitrogens with zero attached hydrogens (tertiary/aromatic N) is 3. The van der Waals surface area contributed by atoms with Crippen LogP contribution in [0.1, 0.15) is 35.0 Å². The number of hydrogen-bond donors (Lipinski definition) is 0. The number of aromatic nitrogens is 2. The van der Waals surface area contributed by atoms with Crippen molar-refractivity contribution in [3.63, 3.8) is 0 Å². The molecule has 0 fully saturated rings. The molecule has 6 nitrogen and oxygen atoms in total. The molecule has 0 radical (unpaired) electrons. The van der Waals surface area contributed by atoms with Gasteiger partial charge in [0, 0.05) is 18.5 Å². The molecule has 4 rings (SSSR count). The second-order valence-electron chi connectivity index (χ2n) is 6.69. The van der Waals surface area contributed by atoms with Crippen molar-refractivity contribution in [2.75, 3.05) is 6.54 Å². The second kappa shape index (κ2) is 8.56. The third kappa shape index (κ3) is 4.27. The summed E-state index contributed by atoms with van der Waals surface area (Å²) in [5, 5.41) is 4.05. The van der Waals surface area contributed by atoms with E-state index in [2.05, 4.69) is 10.1 Å². The van der Waals surface area contributed by atoms with Gasteiger partial charge in [0.25, 0.3) is 5.91 Å². The highest BCUT2D eigenvalue weighted by Crippen LogP contribution is 2.23. The SMILES string of the molecule is C[C@@H](c1ccccc1)N(CCc1nc(-c2ccccc2)no1)C(=O)c1ccco1. The van der Waals surface area contributed by atoms with Crippen LogP contribution in [0.15, 0.2) is 88.0 Å². The number of carbonyl (C=O) groups is 1. The number of hydrogen-bond acceptors (Lipinski definition) is 5. The zero-order valence-corrected chi connectivity index (χ0v) is 16.1. The van der Waals surface area contributed by atoms with Gasteiger partial charge in [-0.15, -0.1) is 0 Å². The van der Waals surface area contributed by atoms with Gasteiger partial charge in [-0.3, -0.25) is 4.79 Å². The minimum absolute atomic E-state index is 0.134. The Bertz CT molecular complexity index is 1040. The smallest absolute Gasteiger partial charge is 0.290 e. The van der Waals surface area contributed by atoms with E-state index in [1.54, 1.807) is 17.0 Å². The molecule has 1 amide bonds. The normalized spacial score (nSPS) is 11.9. The maximum absolute atomic E-state index is 13.0. The molecule has 2 aromatic heterocycles. The fourth-order valence-electron chi connectivity index (χ4n) is 3.20. The second-order valence-corrected chi connectivity index (χ2v) is 6.69. The topological polar surface area (TPSA) is 72.4 Å². The first-order chi connectivity index (χ1) is 14.2. The van der Waals surface area contributed by atoms with Crippen LogP contribution in [0.5, 0.6) is 0 Å². The van der Waals surface area contributed by atoms with Crippen LogP contribution in [0.4, 0.5) is 0 Å². The first-order valence-corrected chi connectivity index (χ1v) is 9.50. The first-order valence-electron chi connectivity index (χ1n) is 9.50. The molecule has 0 bridgehead atoms. The van der Waals surface area contributed by atoms with Gasteiger partial charge in [0.1, 0.15) is 0 Å². The summed E-state index contributed by atoms with van der Waals surface area (Å²) in [5.41, 5.74) is 1.94. The van der Waals surface area contributed by atoms with E-state index in [1.165, 1.54) is 6.26 Å². The average Bonchev–Trinajstić information content (AvgIpc) is 3.47. The predicted molar refractivity (Wildman–Crippen MR) is 108 cm³/mol. The van der Waals surface area contributed by atoms with Gasteiger partial charge in [0.2, 0.25) is 11.7 Å². The van der Waals surface area contributed by atoms with Crippen molar-refractivity contribution >= 4 is 5.91 Å². The van der Waals surface area contributed by atoms with Crippen LogP contribution in [0, 0.1) is 0 Å². The zero-order valence-electron chi connectivity index (χ0n) is 16.1. The summed E-state index contributed by atoms with van der Waals surface area (Å²) in [6.07, 6.45) is 1.95. The molecule has 6 heteroatoms. The van der Waals surface area contributed by atoms with E-state index in [9.17, 15) is 4.79 Å². The Labute approximate surface area is 168 Å². The van der Waals surface area contributed by atoms with Crippen molar-refractivity contribution in [1.29, 1.82) is 0 Å². The predicted octanol–water partition coefficient (Wildman–Crippen LogP) is 4.78. The monoisotopic (exact) mass is 387 g/mol. The molecule has 2 aromatic carbocycles. The molecule has 0 aliphatic rings. The Hall–Kier alpha value is -3.67. The van der Waals surface area contributed by atoms with Gasteiger partial charge in [0.05, 0.1) is 12.3 Å². The lowest BCUT2D eigenvalue weighted by Gasteiger charge is -2.28. The van der Waals surface area contributed by atoms with Crippen LogP contribution in [0.3, 0.4) is 0 Å². The van der Waals surface area contributed by atoms with Gasteiger partial charge in [0.15, 0.2) is 5.76 Å². The fourth-order valence-corrected chi connectivity index (χ4v) is 3.20. The third-order valence-corrected chi connectivity index (χ3v) is 4.81. The van der Waals surface area contributed by atoms with E-state index >= 15 is 0 Å². The lowest BCUT2D eigenvalue weighted by Crippen LogP contribution is -2.35. The number of benzene rings is 2. The van der Waals surface area contributed by atoms with Gasteiger partial charge in [-0.05, 0) is 24.6 Å². The minimum atomic E-state index is -0.172. The summed E-state index contributed by atoms with van der Waals surface area (Å²) in [5.74, 6) is 1.17. The molecule has 0 aliphatic carbocycles. The Balaban J connectivity index is 1.53. The van der Waals surface area contributed by atoms with Crippen LogP contribution in [-0.4, -0.2) is 27.5 Å². The van der Waals surface area contributed by atoms with Gasteiger partial charge in [-0.25, -0.2) is 0 Å². The molecule has 4 aromatic rings.